The standard InChI is InChI=1S/C15H23N3O2.HI/c1-11(14(19)20-4)10-17-15(16-3)18-12(2)13-8-6-5-7-9-13;/h5-9,11-12H,10H2,1-4H3,(H2,16,17,18);1H. The Morgan fingerprint density at radius 1 is 1.29 bits per heavy atom. The highest BCUT2D eigenvalue weighted by molar-refractivity contribution is 14.0. The van der Waals surface area contributed by atoms with Crippen LogP contribution in [0.15, 0.2) is 35.3 Å². The third-order valence-corrected chi connectivity index (χ3v) is 3.06. The molecular weight excluding hydrogens is 381 g/mol. The number of nitrogens with one attached hydrogen (secondary N) is 2. The van der Waals surface area contributed by atoms with Crippen LogP contribution in [0.3, 0.4) is 0 Å². The van der Waals surface area contributed by atoms with Gasteiger partial charge in [-0.25, -0.2) is 0 Å². The number of benzene rings is 1. The van der Waals surface area contributed by atoms with Gasteiger partial charge in [0.15, 0.2) is 5.96 Å². The number of halogens is 1. The summed E-state index contributed by atoms with van der Waals surface area (Å²) in [6, 6.07) is 10.2. The molecule has 0 radical (unpaired) electrons. The summed E-state index contributed by atoms with van der Waals surface area (Å²) >= 11 is 0. The van der Waals surface area contributed by atoms with Gasteiger partial charge in [0.2, 0.25) is 0 Å². The first-order valence-electron chi connectivity index (χ1n) is 6.68. The van der Waals surface area contributed by atoms with Crippen LogP contribution < -0.4 is 10.6 Å². The van der Waals surface area contributed by atoms with E-state index < -0.39 is 0 Å². The van der Waals surface area contributed by atoms with Crippen molar-refractivity contribution >= 4 is 35.9 Å². The summed E-state index contributed by atoms with van der Waals surface area (Å²) in [5, 5.41) is 6.41. The topological polar surface area (TPSA) is 62.7 Å². The maximum atomic E-state index is 11.3. The Labute approximate surface area is 143 Å². The summed E-state index contributed by atoms with van der Waals surface area (Å²) in [7, 11) is 3.10. The third kappa shape index (κ3) is 6.79. The minimum absolute atomic E-state index is 0. The predicted molar refractivity (Wildman–Crippen MR) is 95.9 cm³/mol. The van der Waals surface area contributed by atoms with E-state index in [9.17, 15) is 4.79 Å². The third-order valence-electron chi connectivity index (χ3n) is 3.06. The molecule has 1 aromatic carbocycles. The summed E-state index contributed by atoms with van der Waals surface area (Å²) in [6.45, 7) is 4.35. The smallest absolute Gasteiger partial charge is 0.310 e. The minimum atomic E-state index is -0.232. The Kier molecular flexibility index (Phi) is 9.77. The zero-order valence-electron chi connectivity index (χ0n) is 12.9. The van der Waals surface area contributed by atoms with Crippen molar-refractivity contribution in [3.05, 3.63) is 35.9 Å². The maximum Gasteiger partial charge on any atom is 0.310 e. The highest BCUT2D eigenvalue weighted by Crippen LogP contribution is 2.10. The quantitative estimate of drug-likeness (QED) is 0.342. The van der Waals surface area contributed by atoms with E-state index in [2.05, 4.69) is 39.4 Å². The molecule has 0 saturated carbocycles. The van der Waals surface area contributed by atoms with Crippen LogP contribution in [0.25, 0.3) is 0 Å². The normalized spacial score (nSPS) is 13.6. The summed E-state index contributed by atoms with van der Waals surface area (Å²) < 4.78 is 4.69. The molecule has 0 amide bonds. The molecule has 0 aliphatic carbocycles. The maximum absolute atomic E-state index is 11.3. The minimum Gasteiger partial charge on any atom is -0.469 e. The number of rotatable bonds is 5. The zero-order chi connectivity index (χ0) is 15.0. The van der Waals surface area contributed by atoms with Crippen molar-refractivity contribution in [2.45, 2.75) is 19.9 Å². The molecule has 0 bridgehead atoms. The highest BCUT2D eigenvalue weighted by atomic mass is 127. The molecule has 0 heterocycles. The van der Waals surface area contributed by atoms with E-state index in [1.165, 1.54) is 12.7 Å². The number of esters is 1. The number of methoxy groups -OCH3 is 1. The molecule has 21 heavy (non-hydrogen) atoms. The van der Waals surface area contributed by atoms with Gasteiger partial charge in [0, 0.05) is 13.6 Å². The molecule has 0 fully saturated rings. The Morgan fingerprint density at radius 2 is 1.90 bits per heavy atom. The Balaban J connectivity index is 0.00000400. The van der Waals surface area contributed by atoms with Gasteiger partial charge in [0.05, 0.1) is 19.1 Å². The van der Waals surface area contributed by atoms with Crippen molar-refractivity contribution in [3.63, 3.8) is 0 Å². The van der Waals surface area contributed by atoms with Crippen LogP contribution in [0.1, 0.15) is 25.5 Å². The van der Waals surface area contributed by atoms with Gasteiger partial charge in [-0.05, 0) is 12.5 Å². The van der Waals surface area contributed by atoms with Gasteiger partial charge in [-0.1, -0.05) is 37.3 Å². The van der Waals surface area contributed by atoms with E-state index in [1.807, 2.05) is 25.1 Å². The Morgan fingerprint density at radius 3 is 2.43 bits per heavy atom. The van der Waals surface area contributed by atoms with E-state index in [0.717, 1.165) is 0 Å². The summed E-state index contributed by atoms with van der Waals surface area (Å²) in [5.41, 5.74) is 1.18. The van der Waals surface area contributed by atoms with E-state index in [1.54, 1.807) is 7.05 Å². The average molecular weight is 405 g/mol. The molecule has 2 atom stereocenters. The lowest BCUT2D eigenvalue weighted by Crippen LogP contribution is -2.41. The number of hydrogen-bond acceptors (Lipinski definition) is 3. The van der Waals surface area contributed by atoms with Crippen molar-refractivity contribution in [2.75, 3.05) is 20.7 Å². The van der Waals surface area contributed by atoms with Gasteiger partial charge in [-0.2, -0.15) is 0 Å². The number of hydrogen-bond donors (Lipinski definition) is 2. The fourth-order valence-electron chi connectivity index (χ4n) is 1.76. The van der Waals surface area contributed by atoms with Gasteiger partial charge < -0.3 is 15.4 Å². The number of aliphatic imine (C=N–C) groups is 1. The molecular formula is C15H24IN3O2. The number of ether oxygens (including phenoxy) is 1. The molecule has 1 rings (SSSR count). The van der Waals surface area contributed by atoms with E-state index in [4.69, 9.17) is 0 Å². The second-order valence-corrected chi connectivity index (χ2v) is 4.65. The first-order chi connectivity index (χ1) is 9.58. The van der Waals surface area contributed by atoms with Crippen molar-refractivity contribution in [2.24, 2.45) is 10.9 Å². The molecule has 0 aliphatic heterocycles. The second-order valence-electron chi connectivity index (χ2n) is 4.65. The van der Waals surface area contributed by atoms with E-state index >= 15 is 0 Å². The molecule has 6 heteroatoms. The first kappa shape index (κ1) is 19.7. The lowest BCUT2D eigenvalue weighted by atomic mass is 10.1. The second kappa shape index (κ2) is 10.4. The predicted octanol–water partition coefficient (Wildman–Crippen LogP) is 2.34. The van der Waals surface area contributed by atoms with Crippen molar-refractivity contribution < 1.29 is 9.53 Å². The number of carbonyl (C=O) groups is 1. The number of guanidine groups is 1. The van der Waals surface area contributed by atoms with Gasteiger partial charge in [0.25, 0.3) is 0 Å². The van der Waals surface area contributed by atoms with Gasteiger partial charge in [-0.15, -0.1) is 24.0 Å². The molecule has 2 N–H and O–H groups in total. The monoisotopic (exact) mass is 405 g/mol. The van der Waals surface area contributed by atoms with Crippen molar-refractivity contribution in [1.82, 2.24) is 10.6 Å². The van der Waals surface area contributed by atoms with Crippen LogP contribution >= 0.6 is 24.0 Å². The molecule has 0 aliphatic rings. The van der Waals surface area contributed by atoms with Crippen LogP contribution in [-0.4, -0.2) is 32.6 Å². The van der Waals surface area contributed by atoms with E-state index in [-0.39, 0.29) is 41.9 Å². The van der Waals surface area contributed by atoms with Crippen LogP contribution in [0.2, 0.25) is 0 Å². The van der Waals surface area contributed by atoms with Crippen LogP contribution in [0.4, 0.5) is 0 Å². The molecule has 0 aromatic heterocycles. The molecule has 2 unspecified atom stereocenters. The largest absolute Gasteiger partial charge is 0.469 e. The van der Waals surface area contributed by atoms with Crippen LogP contribution in [0.5, 0.6) is 0 Å². The molecule has 0 saturated heterocycles. The Hall–Kier alpha value is -1.31. The first-order valence-corrected chi connectivity index (χ1v) is 6.68. The highest BCUT2D eigenvalue weighted by Gasteiger charge is 2.14. The lowest BCUT2D eigenvalue weighted by Gasteiger charge is -2.19. The SMILES string of the molecule is CN=C(NCC(C)C(=O)OC)NC(C)c1ccccc1.I. The lowest BCUT2D eigenvalue weighted by molar-refractivity contribution is -0.144. The summed E-state index contributed by atoms with van der Waals surface area (Å²) in [5.74, 6) is 0.215. The van der Waals surface area contributed by atoms with Gasteiger partial charge in [-0.3, -0.25) is 9.79 Å². The summed E-state index contributed by atoms with van der Waals surface area (Å²) in [6.07, 6.45) is 0. The average Bonchev–Trinajstić information content (AvgIpc) is 2.50. The zero-order valence-corrected chi connectivity index (χ0v) is 15.3. The van der Waals surface area contributed by atoms with Crippen LogP contribution in [-0.2, 0) is 9.53 Å². The Bertz CT molecular complexity index is 451. The molecule has 0 spiro atoms. The molecule has 5 nitrogen and oxygen atoms in total. The summed E-state index contributed by atoms with van der Waals surface area (Å²) in [4.78, 5) is 15.5. The fourth-order valence-corrected chi connectivity index (χ4v) is 1.76. The van der Waals surface area contributed by atoms with Gasteiger partial charge >= 0.3 is 5.97 Å². The van der Waals surface area contributed by atoms with Crippen molar-refractivity contribution in [1.29, 1.82) is 0 Å². The fraction of sp³-hybridized carbons (Fsp3) is 0.467. The molecule has 1 aromatic rings. The van der Waals surface area contributed by atoms with Crippen molar-refractivity contribution in [3.8, 4) is 0 Å². The van der Waals surface area contributed by atoms with Gasteiger partial charge in [0.1, 0.15) is 0 Å². The number of carbonyl (C=O) groups excluding carboxylic acids is 1. The number of nitrogens with zero attached hydrogens (tertiary/aromatic N) is 1. The molecule has 118 valence electrons. The van der Waals surface area contributed by atoms with E-state index in [0.29, 0.717) is 12.5 Å². The van der Waals surface area contributed by atoms with Crippen LogP contribution in [0, 0.1) is 5.92 Å².